The molecular weight excluding hydrogens is 172 g/mol. The summed E-state index contributed by atoms with van der Waals surface area (Å²) in [4.78, 5) is 4.13. The third kappa shape index (κ3) is 1.21. The first-order valence-corrected chi connectivity index (χ1v) is 3.94. The molecule has 2 nitrogen and oxygen atoms in total. The zero-order chi connectivity index (χ0) is 8.55. The minimum absolute atomic E-state index is 0.646. The molecule has 0 atom stereocenters. The molecule has 0 amide bonds. The van der Waals surface area contributed by atoms with E-state index in [1.807, 2.05) is 24.3 Å². The summed E-state index contributed by atoms with van der Waals surface area (Å²) >= 11 is 5.76. The highest BCUT2D eigenvalue weighted by molar-refractivity contribution is 6.31. The quantitative estimate of drug-likeness (QED) is 0.630. The van der Waals surface area contributed by atoms with Gasteiger partial charge in [-0.2, -0.15) is 0 Å². The maximum absolute atomic E-state index is 5.76. The number of rotatable bonds is 0. The molecule has 1 heterocycles. The van der Waals surface area contributed by atoms with Gasteiger partial charge in [0, 0.05) is 17.3 Å². The fourth-order valence-corrected chi connectivity index (χ4v) is 1.28. The molecule has 0 aliphatic heterocycles. The summed E-state index contributed by atoms with van der Waals surface area (Å²) in [5, 5.41) is 1.66. The summed E-state index contributed by atoms with van der Waals surface area (Å²) in [5.41, 5.74) is 7.18. The topological polar surface area (TPSA) is 38.9 Å². The number of hydrogen-bond donors (Lipinski definition) is 1. The van der Waals surface area contributed by atoms with E-state index < -0.39 is 0 Å². The van der Waals surface area contributed by atoms with Gasteiger partial charge in [0.2, 0.25) is 0 Å². The molecule has 1 aromatic heterocycles. The van der Waals surface area contributed by atoms with Crippen molar-refractivity contribution in [3.05, 3.63) is 35.5 Å². The molecule has 3 heteroatoms. The highest BCUT2D eigenvalue weighted by Gasteiger charge is 1.95. The molecular formula is C9H7ClN2. The Labute approximate surface area is 75.0 Å². The van der Waals surface area contributed by atoms with Crippen molar-refractivity contribution in [3.8, 4) is 0 Å². The number of halogens is 1. The number of nitrogens with zero attached hydrogens (tertiary/aromatic N) is 1. The molecule has 0 saturated carbocycles. The van der Waals surface area contributed by atoms with Gasteiger partial charge in [-0.3, -0.25) is 4.98 Å². The molecule has 0 fully saturated rings. The maximum Gasteiger partial charge on any atom is 0.0723 e. The van der Waals surface area contributed by atoms with E-state index in [0.29, 0.717) is 5.02 Å². The lowest BCUT2D eigenvalue weighted by Crippen LogP contribution is -1.85. The number of benzene rings is 1. The Bertz CT molecular complexity index is 385. The predicted octanol–water partition coefficient (Wildman–Crippen LogP) is 2.47. The van der Waals surface area contributed by atoms with Gasteiger partial charge in [-0.05, 0) is 18.2 Å². The normalized spacial score (nSPS) is 10.4. The summed E-state index contributed by atoms with van der Waals surface area (Å²) in [5.74, 6) is 0. The summed E-state index contributed by atoms with van der Waals surface area (Å²) in [7, 11) is 0. The van der Waals surface area contributed by atoms with E-state index in [0.717, 1.165) is 16.6 Å². The van der Waals surface area contributed by atoms with Crippen LogP contribution in [0.5, 0.6) is 0 Å². The largest absolute Gasteiger partial charge is 0.399 e. The van der Waals surface area contributed by atoms with Crippen LogP contribution >= 0.6 is 11.6 Å². The molecule has 0 unspecified atom stereocenters. The van der Waals surface area contributed by atoms with E-state index >= 15 is 0 Å². The second-order valence-electron chi connectivity index (χ2n) is 2.61. The van der Waals surface area contributed by atoms with Gasteiger partial charge < -0.3 is 5.73 Å². The van der Waals surface area contributed by atoms with Crippen molar-refractivity contribution >= 4 is 28.2 Å². The number of nitrogen functional groups attached to an aromatic ring is 1. The average molecular weight is 179 g/mol. The smallest absolute Gasteiger partial charge is 0.0723 e. The van der Waals surface area contributed by atoms with Gasteiger partial charge in [-0.1, -0.05) is 17.7 Å². The second-order valence-corrected chi connectivity index (χ2v) is 3.04. The number of pyridine rings is 1. The molecule has 12 heavy (non-hydrogen) atoms. The third-order valence-corrected chi connectivity index (χ3v) is 1.88. The van der Waals surface area contributed by atoms with Crippen LogP contribution in [-0.4, -0.2) is 4.98 Å². The number of hydrogen-bond acceptors (Lipinski definition) is 2. The lowest BCUT2D eigenvalue weighted by atomic mass is 10.2. The maximum atomic E-state index is 5.76. The van der Waals surface area contributed by atoms with Gasteiger partial charge in [0.1, 0.15) is 0 Å². The van der Waals surface area contributed by atoms with Crippen LogP contribution < -0.4 is 5.73 Å². The highest BCUT2D eigenvalue weighted by atomic mass is 35.5. The second kappa shape index (κ2) is 2.64. The van der Waals surface area contributed by atoms with Crippen molar-refractivity contribution in [2.24, 2.45) is 0 Å². The SMILES string of the molecule is Nc1ccc2cc(Cl)cnc2c1. The van der Waals surface area contributed by atoms with Crippen LogP contribution in [0.1, 0.15) is 0 Å². The van der Waals surface area contributed by atoms with Gasteiger partial charge in [-0.25, -0.2) is 0 Å². The number of fused-ring (bicyclic) bond motifs is 1. The molecule has 0 spiro atoms. The Morgan fingerprint density at radius 2 is 2.08 bits per heavy atom. The van der Waals surface area contributed by atoms with Crippen molar-refractivity contribution in [2.45, 2.75) is 0 Å². The van der Waals surface area contributed by atoms with E-state index in [1.165, 1.54) is 0 Å². The minimum Gasteiger partial charge on any atom is -0.399 e. The molecule has 0 aliphatic carbocycles. The number of nitrogens with two attached hydrogens (primary N) is 1. The fourth-order valence-electron chi connectivity index (χ4n) is 1.11. The minimum atomic E-state index is 0.646. The Morgan fingerprint density at radius 3 is 2.92 bits per heavy atom. The Kier molecular flexibility index (Phi) is 1.62. The van der Waals surface area contributed by atoms with Crippen molar-refractivity contribution < 1.29 is 0 Å². The molecule has 2 aromatic rings. The van der Waals surface area contributed by atoms with Crippen LogP contribution in [0.3, 0.4) is 0 Å². The molecule has 2 N–H and O–H groups in total. The standard InChI is InChI=1S/C9H7ClN2/c10-7-3-6-1-2-8(11)4-9(6)12-5-7/h1-5H,11H2. The summed E-state index contributed by atoms with van der Waals surface area (Å²) in [6.07, 6.45) is 1.61. The average Bonchev–Trinajstić information content (AvgIpc) is 2.05. The first-order valence-electron chi connectivity index (χ1n) is 3.56. The van der Waals surface area contributed by atoms with Gasteiger partial charge in [0.15, 0.2) is 0 Å². The van der Waals surface area contributed by atoms with Crippen LogP contribution in [-0.2, 0) is 0 Å². The zero-order valence-electron chi connectivity index (χ0n) is 6.29. The van der Waals surface area contributed by atoms with Crippen LogP contribution in [0.15, 0.2) is 30.5 Å². The van der Waals surface area contributed by atoms with Crippen LogP contribution in [0.25, 0.3) is 10.9 Å². The monoisotopic (exact) mass is 178 g/mol. The fraction of sp³-hybridized carbons (Fsp3) is 0. The summed E-state index contributed by atoms with van der Waals surface area (Å²) in [6, 6.07) is 7.43. The predicted molar refractivity (Wildman–Crippen MR) is 51.2 cm³/mol. The van der Waals surface area contributed by atoms with E-state index in [4.69, 9.17) is 17.3 Å². The highest BCUT2D eigenvalue weighted by Crippen LogP contribution is 2.18. The number of aromatic nitrogens is 1. The van der Waals surface area contributed by atoms with Gasteiger partial charge in [0.25, 0.3) is 0 Å². The van der Waals surface area contributed by atoms with E-state index in [1.54, 1.807) is 6.20 Å². The lowest BCUT2D eigenvalue weighted by molar-refractivity contribution is 1.41. The Morgan fingerprint density at radius 1 is 1.25 bits per heavy atom. The zero-order valence-corrected chi connectivity index (χ0v) is 7.05. The molecule has 2 rings (SSSR count). The van der Waals surface area contributed by atoms with E-state index in [2.05, 4.69) is 4.98 Å². The first kappa shape index (κ1) is 7.37. The van der Waals surface area contributed by atoms with E-state index in [-0.39, 0.29) is 0 Å². The first-order chi connectivity index (χ1) is 5.75. The van der Waals surface area contributed by atoms with Gasteiger partial charge in [0.05, 0.1) is 10.5 Å². The molecule has 0 saturated heterocycles. The Balaban J connectivity index is 2.79. The number of anilines is 1. The van der Waals surface area contributed by atoms with Gasteiger partial charge in [-0.15, -0.1) is 0 Å². The molecule has 1 aromatic carbocycles. The summed E-state index contributed by atoms with van der Waals surface area (Å²) < 4.78 is 0. The van der Waals surface area contributed by atoms with E-state index in [9.17, 15) is 0 Å². The lowest BCUT2D eigenvalue weighted by Gasteiger charge is -1.98. The van der Waals surface area contributed by atoms with Crippen LogP contribution in [0, 0.1) is 0 Å². The third-order valence-electron chi connectivity index (χ3n) is 1.67. The molecule has 0 radical (unpaired) electrons. The Hall–Kier alpha value is -1.28. The van der Waals surface area contributed by atoms with Gasteiger partial charge >= 0.3 is 0 Å². The van der Waals surface area contributed by atoms with Crippen molar-refractivity contribution in [3.63, 3.8) is 0 Å². The van der Waals surface area contributed by atoms with Crippen molar-refractivity contribution in [1.82, 2.24) is 4.98 Å². The van der Waals surface area contributed by atoms with Crippen molar-refractivity contribution in [2.75, 3.05) is 5.73 Å². The summed E-state index contributed by atoms with van der Waals surface area (Å²) in [6.45, 7) is 0. The molecule has 0 aliphatic rings. The molecule has 60 valence electrons. The van der Waals surface area contributed by atoms with Crippen LogP contribution in [0.2, 0.25) is 5.02 Å². The molecule has 0 bridgehead atoms. The van der Waals surface area contributed by atoms with Crippen LogP contribution in [0.4, 0.5) is 5.69 Å². The van der Waals surface area contributed by atoms with Crippen molar-refractivity contribution in [1.29, 1.82) is 0 Å².